The SMILES string of the molecule is Cc1ccc(-n2nnnc2N2C[C@H]3CC[C@@H]2C3)cc1. The Balaban J connectivity index is 1.71. The molecular weight excluding hydrogens is 238 g/mol. The van der Waals surface area contributed by atoms with Crippen LogP contribution in [0, 0.1) is 12.8 Å². The predicted molar refractivity (Wildman–Crippen MR) is 72.4 cm³/mol. The van der Waals surface area contributed by atoms with E-state index in [0.717, 1.165) is 24.1 Å². The number of benzene rings is 1. The van der Waals surface area contributed by atoms with Gasteiger partial charge in [0.15, 0.2) is 0 Å². The maximum Gasteiger partial charge on any atom is 0.250 e. The van der Waals surface area contributed by atoms with Gasteiger partial charge in [0, 0.05) is 12.6 Å². The number of rotatable bonds is 2. The molecule has 0 spiro atoms. The second kappa shape index (κ2) is 4.05. The van der Waals surface area contributed by atoms with E-state index in [1.807, 2.05) is 4.68 Å². The van der Waals surface area contributed by atoms with Gasteiger partial charge >= 0.3 is 0 Å². The number of hydrogen-bond donors (Lipinski definition) is 0. The zero-order valence-electron chi connectivity index (χ0n) is 11.0. The van der Waals surface area contributed by atoms with Crippen LogP contribution in [0.3, 0.4) is 0 Å². The Bertz CT molecular complexity index is 588. The lowest BCUT2D eigenvalue weighted by Crippen LogP contribution is -2.34. The number of tetrazole rings is 1. The second-order valence-electron chi connectivity index (χ2n) is 5.71. The highest BCUT2D eigenvalue weighted by Crippen LogP contribution is 2.39. The normalized spacial score (nSPS) is 25.2. The largest absolute Gasteiger partial charge is 0.336 e. The number of nitrogens with zero attached hydrogens (tertiary/aromatic N) is 5. The number of hydrogen-bond acceptors (Lipinski definition) is 4. The fraction of sp³-hybridized carbons (Fsp3) is 0.500. The van der Waals surface area contributed by atoms with E-state index >= 15 is 0 Å². The molecule has 5 nitrogen and oxygen atoms in total. The Kier molecular flexibility index (Phi) is 2.33. The van der Waals surface area contributed by atoms with Crippen LogP contribution in [0.5, 0.6) is 0 Å². The van der Waals surface area contributed by atoms with Crippen molar-refractivity contribution in [3.8, 4) is 5.69 Å². The minimum absolute atomic E-state index is 0.639. The molecule has 1 saturated carbocycles. The lowest BCUT2D eigenvalue weighted by molar-refractivity contribution is 0.543. The van der Waals surface area contributed by atoms with Gasteiger partial charge in [0.25, 0.3) is 5.95 Å². The molecule has 5 heteroatoms. The highest BCUT2D eigenvalue weighted by Gasteiger charge is 2.40. The average Bonchev–Trinajstić information content (AvgIpc) is 3.15. The zero-order chi connectivity index (χ0) is 12.8. The Morgan fingerprint density at radius 3 is 2.68 bits per heavy atom. The van der Waals surface area contributed by atoms with Crippen LogP contribution >= 0.6 is 0 Å². The summed E-state index contributed by atoms with van der Waals surface area (Å²) in [5, 5.41) is 12.3. The first kappa shape index (κ1) is 11.0. The summed E-state index contributed by atoms with van der Waals surface area (Å²) in [4.78, 5) is 2.38. The lowest BCUT2D eigenvalue weighted by atomic mass is 10.1. The summed E-state index contributed by atoms with van der Waals surface area (Å²) >= 11 is 0. The van der Waals surface area contributed by atoms with E-state index in [2.05, 4.69) is 51.6 Å². The molecule has 2 atom stereocenters. The number of aromatic nitrogens is 4. The fourth-order valence-corrected chi connectivity index (χ4v) is 3.38. The molecule has 4 rings (SSSR count). The molecule has 2 aliphatic rings. The van der Waals surface area contributed by atoms with Crippen LogP contribution in [0.2, 0.25) is 0 Å². The standard InChI is InChI=1S/C14H17N5/c1-10-2-5-12(6-3-10)19-14(15-16-17-19)18-9-11-4-7-13(18)8-11/h2-3,5-6,11,13H,4,7-9H2,1H3/t11-,13+/m0/s1. The van der Waals surface area contributed by atoms with Crippen molar-refractivity contribution in [1.82, 2.24) is 20.2 Å². The van der Waals surface area contributed by atoms with Gasteiger partial charge in [0.05, 0.1) is 5.69 Å². The summed E-state index contributed by atoms with van der Waals surface area (Å²) in [7, 11) is 0. The lowest BCUT2D eigenvalue weighted by Gasteiger charge is -2.27. The first-order valence-corrected chi connectivity index (χ1v) is 6.93. The Hall–Kier alpha value is -1.91. The van der Waals surface area contributed by atoms with Gasteiger partial charge in [-0.3, -0.25) is 0 Å². The van der Waals surface area contributed by atoms with Crippen molar-refractivity contribution in [1.29, 1.82) is 0 Å². The minimum Gasteiger partial charge on any atom is -0.336 e. The molecule has 19 heavy (non-hydrogen) atoms. The quantitative estimate of drug-likeness (QED) is 0.823. The van der Waals surface area contributed by atoms with Gasteiger partial charge in [-0.05, 0) is 54.7 Å². The van der Waals surface area contributed by atoms with Crippen molar-refractivity contribution >= 4 is 5.95 Å². The van der Waals surface area contributed by atoms with Crippen LogP contribution in [-0.2, 0) is 0 Å². The van der Waals surface area contributed by atoms with Gasteiger partial charge < -0.3 is 4.90 Å². The third-order valence-corrected chi connectivity index (χ3v) is 4.40. The smallest absolute Gasteiger partial charge is 0.250 e. The topological polar surface area (TPSA) is 46.8 Å². The van der Waals surface area contributed by atoms with E-state index in [4.69, 9.17) is 0 Å². The van der Waals surface area contributed by atoms with Crippen molar-refractivity contribution in [3.63, 3.8) is 0 Å². The monoisotopic (exact) mass is 255 g/mol. The molecule has 0 amide bonds. The molecule has 0 radical (unpaired) electrons. The van der Waals surface area contributed by atoms with E-state index < -0.39 is 0 Å². The van der Waals surface area contributed by atoms with E-state index in [0.29, 0.717) is 6.04 Å². The maximum absolute atomic E-state index is 4.24. The Morgan fingerprint density at radius 2 is 2.00 bits per heavy atom. The number of fused-ring (bicyclic) bond motifs is 2. The predicted octanol–water partition coefficient (Wildman–Crippen LogP) is 1.96. The minimum atomic E-state index is 0.639. The first-order valence-electron chi connectivity index (χ1n) is 6.93. The Labute approximate surface area is 112 Å². The molecule has 2 bridgehead atoms. The highest BCUT2D eigenvalue weighted by molar-refractivity contribution is 5.43. The van der Waals surface area contributed by atoms with Crippen LogP contribution in [0.4, 0.5) is 5.95 Å². The molecule has 1 aromatic carbocycles. The number of aryl methyl sites for hydroxylation is 1. The molecule has 1 saturated heterocycles. The zero-order valence-corrected chi connectivity index (χ0v) is 11.0. The molecule has 98 valence electrons. The van der Waals surface area contributed by atoms with Gasteiger partial charge in [0.1, 0.15) is 0 Å². The van der Waals surface area contributed by atoms with Crippen LogP contribution in [-0.4, -0.2) is 32.8 Å². The molecule has 2 fully saturated rings. The molecule has 0 unspecified atom stereocenters. The molecule has 1 aliphatic carbocycles. The summed E-state index contributed by atoms with van der Waals surface area (Å²) in [6, 6.07) is 8.97. The van der Waals surface area contributed by atoms with Gasteiger partial charge in [0.2, 0.25) is 0 Å². The van der Waals surface area contributed by atoms with E-state index in [9.17, 15) is 0 Å². The van der Waals surface area contributed by atoms with Crippen molar-refractivity contribution in [2.45, 2.75) is 32.2 Å². The van der Waals surface area contributed by atoms with Crippen LogP contribution < -0.4 is 4.90 Å². The third-order valence-electron chi connectivity index (χ3n) is 4.40. The summed E-state index contributed by atoms with van der Waals surface area (Å²) in [6.45, 7) is 3.20. The van der Waals surface area contributed by atoms with Crippen molar-refractivity contribution < 1.29 is 0 Å². The number of anilines is 1. The second-order valence-corrected chi connectivity index (χ2v) is 5.71. The summed E-state index contributed by atoms with van der Waals surface area (Å²) in [6.07, 6.45) is 3.96. The first-order chi connectivity index (χ1) is 9.31. The number of piperidine rings is 1. The summed E-state index contributed by atoms with van der Waals surface area (Å²) < 4.78 is 1.86. The van der Waals surface area contributed by atoms with Crippen molar-refractivity contribution in [3.05, 3.63) is 29.8 Å². The summed E-state index contributed by atoms with van der Waals surface area (Å²) in [5.74, 6) is 1.74. The molecule has 2 heterocycles. The van der Waals surface area contributed by atoms with E-state index in [-0.39, 0.29) is 0 Å². The van der Waals surface area contributed by atoms with Crippen LogP contribution in [0.1, 0.15) is 24.8 Å². The van der Waals surface area contributed by atoms with Crippen molar-refractivity contribution in [2.24, 2.45) is 5.92 Å². The summed E-state index contributed by atoms with van der Waals surface area (Å²) in [5.41, 5.74) is 2.28. The molecule has 1 aliphatic heterocycles. The third kappa shape index (κ3) is 1.72. The van der Waals surface area contributed by atoms with Gasteiger partial charge in [-0.1, -0.05) is 22.8 Å². The van der Waals surface area contributed by atoms with Crippen LogP contribution in [0.25, 0.3) is 5.69 Å². The van der Waals surface area contributed by atoms with Gasteiger partial charge in [-0.2, -0.15) is 4.68 Å². The van der Waals surface area contributed by atoms with Gasteiger partial charge in [-0.15, -0.1) is 0 Å². The molecule has 2 aromatic rings. The Morgan fingerprint density at radius 1 is 1.16 bits per heavy atom. The molecule has 0 N–H and O–H groups in total. The highest BCUT2D eigenvalue weighted by atomic mass is 15.6. The average molecular weight is 255 g/mol. The van der Waals surface area contributed by atoms with E-state index in [1.165, 1.54) is 24.8 Å². The van der Waals surface area contributed by atoms with E-state index in [1.54, 1.807) is 0 Å². The maximum atomic E-state index is 4.24. The molecular formula is C14H17N5. The fourth-order valence-electron chi connectivity index (χ4n) is 3.38. The van der Waals surface area contributed by atoms with Crippen molar-refractivity contribution in [2.75, 3.05) is 11.4 Å². The van der Waals surface area contributed by atoms with Gasteiger partial charge in [-0.25, -0.2) is 0 Å². The molecule has 1 aromatic heterocycles. The van der Waals surface area contributed by atoms with Crippen LogP contribution in [0.15, 0.2) is 24.3 Å².